The molecule has 0 bridgehead atoms. The Bertz CT molecular complexity index is 795. The van der Waals surface area contributed by atoms with E-state index in [9.17, 15) is 10.1 Å². The van der Waals surface area contributed by atoms with Gasteiger partial charge in [-0.3, -0.25) is 0 Å². The number of aromatic nitrogens is 2. The lowest BCUT2D eigenvalue weighted by Gasteiger charge is -2.14. The van der Waals surface area contributed by atoms with E-state index in [1.807, 2.05) is 45.0 Å². The van der Waals surface area contributed by atoms with Gasteiger partial charge in [-0.25, -0.2) is 0 Å². The first kappa shape index (κ1) is 12.1. The van der Waals surface area contributed by atoms with Crippen molar-refractivity contribution in [1.82, 2.24) is 9.38 Å². The summed E-state index contributed by atoms with van der Waals surface area (Å²) < 4.78 is 2.66. The fourth-order valence-corrected chi connectivity index (χ4v) is 3.20. The van der Waals surface area contributed by atoms with Gasteiger partial charge < -0.3 is 10.1 Å². The highest BCUT2D eigenvalue weighted by molar-refractivity contribution is 7.23. The zero-order valence-electron chi connectivity index (χ0n) is 10.9. The number of para-hydroxylation sites is 1. The molecule has 0 saturated carbocycles. The second-order valence-electron chi connectivity index (χ2n) is 5.48. The summed E-state index contributed by atoms with van der Waals surface area (Å²) in [5.41, 5.74) is 1.03. The first-order valence-corrected chi connectivity index (χ1v) is 6.76. The Kier molecular flexibility index (Phi) is 2.40. The van der Waals surface area contributed by atoms with Gasteiger partial charge in [0.1, 0.15) is 5.69 Å². The topological polar surface area (TPSA) is 60.4 Å². The quantitative estimate of drug-likeness (QED) is 0.502. The third-order valence-electron chi connectivity index (χ3n) is 3.01. The minimum absolute atomic E-state index is 0.0833. The van der Waals surface area contributed by atoms with Crippen LogP contribution in [0.2, 0.25) is 0 Å². The molecule has 0 fully saturated rings. The summed E-state index contributed by atoms with van der Waals surface area (Å²) in [6.07, 6.45) is 0. The number of thiazole rings is 1. The molecule has 0 radical (unpaired) electrons. The second-order valence-corrected chi connectivity index (χ2v) is 6.49. The van der Waals surface area contributed by atoms with E-state index in [-0.39, 0.29) is 16.2 Å². The molecule has 19 heavy (non-hydrogen) atoms. The standard InChI is InChI=1S/C13H13N3O2S/c1-13(2,3)10-11(16(17)18)15-8-6-4-5-7-9(8)19-12(15)14-10/h4-7H,1-3H3. The van der Waals surface area contributed by atoms with Gasteiger partial charge in [-0.15, -0.1) is 0 Å². The molecular weight excluding hydrogens is 262 g/mol. The van der Waals surface area contributed by atoms with Crippen LogP contribution in [0, 0.1) is 10.1 Å². The minimum Gasteiger partial charge on any atom is -0.358 e. The van der Waals surface area contributed by atoms with Crippen LogP contribution in [-0.2, 0) is 5.41 Å². The lowest BCUT2D eigenvalue weighted by atomic mass is 9.92. The van der Waals surface area contributed by atoms with Crippen LogP contribution in [-0.4, -0.2) is 14.3 Å². The Morgan fingerprint density at radius 2 is 2.00 bits per heavy atom. The van der Waals surface area contributed by atoms with Crippen molar-refractivity contribution in [2.45, 2.75) is 26.2 Å². The van der Waals surface area contributed by atoms with Gasteiger partial charge in [0, 0.05) is 5.41 Å². The Morgan fingerprint density at radius 3 is 2.63 bits per heavy atom. The molecule has 0 aliphatic heterocycles. The summed E-state index contributed by atoms with van der Waals surface area (Å²) in [5.74, 6) is 0.0833. The highest BCUT2D eigenvalue weighted by atomic mass is 32.1. The molecule has 0 saturated heterocycles. The lowest BCUT2D eigenvalue weighted by Crippen LogP contribution is -2.14. The van der Waals surface area contributed by atoms with Crippen molar-refractivity contribution in [3.8, 4) is 0 Å². The van der Waals surface area contributed by atoms with Crippen molar-refractivity contribution >= 4 is 32.3 Å². The highest BCUT2D eigenvalue weighted by Gasteiger charge is 2.33. The third-order valence-corrected chi connectivity index (χ3v) is 4.03. The highest BCUT2D eigenvalue weighted by Crippen LogP contribution is 2.37. The van der Waals surface area contributed by atoms with Crippen LogP contribution in [0.5, 0.6) is 0 Å². The van der Waals surface area contributed by atoms with E-state index in [4.69, 9.17) is 0 Å². The van der Waals surface area contributed by atoms with Gasteiger partial charge in [-0.2, -0.15) is 9.38 Å². The molecule has 0 aliphatic carbocycles. The van der Waals surface area contributed by atoms with Gasteiger partial charge in [-0.1, -0.05) is 44.2 Å². The zero-order chi connectivity index (χ0) is 13.8. The maximum absolute atomic E-state index is 11.4. The maximum atomic E-state index is 11.4. The molecule has 98 valence electrons. The monoisotopic (exact) mass is 275 g/mol. The predicted molar refractivity (Wildman–Crippen MR) is 75.9 cm³/mol. The Labute approximate surface area is 113 Å². The Morgan fingerprint density at radius 1 is 1.32 bits per heavy atom. The molecule has 6 heteroatoms. The van der Waals surface area contributed by atoms with Crippen molar-refractivity contribution in [3.05, 3.63) is 40.1 Å². The number of fused-ring (bicyclic) bond motifs is 3. The molecule has 3 aromatic rings. The van der Waals surface area contributed by atoms with Crippen molar-refractivity contribution in [1.29, 1.82) is 0 Å². The van der Waals surface area contributed by atoms with Crippen molar-refractivity contribution < 1.29 is 4.92 Å². The zero-order valence-corrected chi connectivity index (χ0v) is 11.7. The molecule has 0 aliphatic rings. The molecule has 0 atom stereocenters. The molecule has 0 unspecified atom stereocenters. The van der Waals surface area contributed by atoms with E-state index in [1.165, 1.54) is 11.3 Å². The van der Waals surface area contributed by atoms with Gasteiger partial charge in [0.25, 0.3) is 4.96 Å². The summed E-state index contributed by atoms with van der Waals surface area (Å²) in [7, 11) is 0. The maximum Gasteiger partial charge on any atom is 0.352 e. The van der Waals surface area contributed by atoms with Gasteiger partial charge >= 0.3 is 5.82 Å². The fourth-order valence-electron chi connectivity index (χ4n) is 2.18. The lowest BCUT2D eigenvalue weighted by molar-refractivity contribution is -0.391. The molecule has 5 nitrogen and oxygen atoms in total. The summed E-state index contributed by atoms with van der Waals surface area (Å²) in [6, 6.07) is 7.65. The molecular formula is C13H13N3O2S. The van der Waals surface area contributed by atoms with Crippen molar-refractivity contribution in [2.75, 3.05) is 0 Å². The van der Waals surface area contributed by atoms with E-state index in [1.54, 1.807) is 4.40 Å². The summed E-state index contributed by atoms with van der Waals surface area (Å²) in [5, 5.41) is 11.4. The van der Waals surface area contributed by atoms with Crippen molar-refractivity contribution in [2.24, 2.45) is 0 Å². The van der Waals surface area contributed by atoms with E-state index < -0.39 is 0 Å². The summed E-state index contributed by atoms with van der Waals surface area (Å²) in [4.78, 5) is 16.3. The third kappa shape index (κ3) is 1.71. The number of hydrogen-bond donors (Lipinski definition) is 0. The van der Waals surface area contributed by atoms with E-state index in [0.717, 1.165) is 10.2 Å². The summed E-state index contributed by atoms with van der Waals surface area (Å²) >= 11 is 1.48. The normalized spacial score (nSPS) is 12.4. The number of nitrogens with zero attached hydrogens (tertiary/aromatic N) is 3. The number of imidazole rings is 1. The predicted octanol–water partition coefficient (Wildman–Crippen LogP) is 3.75. The molecule has 1 aromatic carbocycles. The first-order valence-electron chi connectivity index (χ1n) is 5.94. The number of rotatable bonds is 1. The minimum atomic E-state index is -0.352. The van der Waals surface area contributed by atoms with Crippen LogP contribution in [0.15, 0.2) is 24.3 Å². The number of hydrogen-bond acceptors (Lipinski definition) is 4. The van der Waals surface area contributed by atoms with Gasteiger partial charge in [-0.05, 0) is 17.1 Å². The van der Waals surface area contributed by atoms with Crippen LogP contribution in [0.4, 0.5) is 5.82 Å². The van der Waals surface area contributed by atoms with Crippen molar-refractivity contribution in [3.63, 3.8) is 0 Å². The first-order chi connectivity index (χ1) is 8.89. The number of nitro groups is 1. The van der Waals surface area contributed by atoms with Gasteiger partial charge in [0.05, 0.1) is 4.70 Å². The molecule has 2 aromatic heterocycles. The molecule has 0 amide bonds. The summed E-state index contributed by atoms with van der Waals surface area (Å²) in [6.45, 7) is 5.82. The van der Waals surface area contributed by atoms with E-state index in [0.29, 0.717) is 10.7 Å². The second kappa shape index (κ2) is 3.77. The van der Waals surface area contributed by atoms with Crippen LogP contribution < -0.4 is 0 Å². The van der Waals surface area contributed by atoms with Crippen LogP contribution in [0.3, 0.4) is 0 Å². The molecule has 0 spiro atoms. The van der Waals surface area contributed by atoms with Crippen LogP contribution in [0.25, 0.3) is 15.2 Å². The van der Waals surface area contributed by atoms with Crippen LogP contribution in [0.1, 0.15) is 26.5 Å². The molecule has 2 heterocycles. The molecule has 0 N–H and O–H groups in total. The largest absolute Gasteiger partial charge is 0.358 e. The average Bonchev–Trinajstić information content (AvgIpc) is 2.82. The van der Waals surface area contributed by atoms with E-state index in [2.05, 4.69) is 4.98 Å². The van der Waals surface area contributed by atoms with Gasteiger partial charge in [0.15, 0.2) is 5.52 Å². The SMILES string of the molecule is CC(C)(C)c1nc2sc3ccccc3n2c1[N+](=O)[O-]. The molecule has 3 rings (SSSR count). The van der Waals surface area contributed by atoms with E-state index >= 15 is 0 Å². The Balaban J connectivity index is 2.49. The average molecular weight is 275 g/mol. The van der Waals surface area contributed by atoms with Crippen LogP contribution >= 0.6 is 11.3 Å². The van der Waals surface area contributed by atoms with Gasteiger partial charge in [0.2, 0.25) is 0 Å². The fraction of sp³-hybridized carbons (Fsp3) is 0.308. The smallest absolute Gasteiger partial charge is 0.352 e. The Hall–Kier alpha value is -1.95. The number of benzene rings is 1.